The number of hydrogen-bond donors (Lipinski definition) is 1. The molecule has 1 aromatic carbocycles. The van der Waals surface area contributed by atoms with Crippen LogP contribution in [0, 0.1) is 6.92 Å². The fourth-order valence-electron chi connectivity index (χ4n) is 3.24. The summed E-state index contributed by atoms with van der Waals surface area (Å²) in [5, 5.41) is 3.19. The zero-order valence-corrected chi connectivity index (χ0v) is 12.9. The van der Waals surface area contributed by atoms with Crippen LogP contribution in [0.5, 0.6) is 0 Å². The Labute approximate surface area is 122 Å². The third-order valence-corrected chi connectivity index (χ3v) is 4.34. The van der Waals surface area contributed by atoms with Gasteiger partial charge in [0.15, 0.2) is 0 Å². The second kappa shape index (κ2) is 6.89. The van der Waals surface area contributed by atoms with E-state index in [0.717, 1.165) is 25.9 Å². The van der Waals surface area contributed by atoms with Crippen molar-refractivity contribution in [1.82, 2.24) is 10.2 Å². The number of benzene rings is 1. The number of hydrogen-bond acceptors (Lipinski definition) is 2. The van der Waals surface area contributed by atoms with Crippen molar-refractivity contribution >= 4 is 5.91 Å². The standard InChI is InChI=1S/C17H26N2O/c1-13-7-4-5-9-16(13)14(2)11-17(20)19-10-6-8-15(19)12-18-3/h4-5,7,9,14-15,18H,6,8,10-12H2,1-3H3/t14-,15+/m0/s1. The first-order valence-electron chi connectivity index (χ1n) is 7.63. The van der Waals surface area contributed by atoms with E-state index < -0.39 is 0 Å². The molecule has 1 aromatic rings. The van der Waals surface area contributed by atoms with Gasteiger partial charge in [0.1, 0.15) is 0 Å². The Morgan fingerprint density at radius 2 is 2.20 bits per heavy atom. The second-order valence-corrected chi connectivity index (χ2v) is 5.90. The van der Waals surface area contributed by atoms with Gasteiger partial charge in [-0.1, -0.05) is 31.2 Å². The summed E-state index contributed by atoms with van der Waals surface area (Å²) in [5.74, 6) is 0.595. The van der Waals surface area contributed by atoms with E-state index in [2.05, 4.69) is 48.3 Å². The van der Waals surface area contributed by atoms with Gasteiger partial charge in [-0.2, -0.15) is 0 Å². The molecule has 2 atom stereocenters. The van der Waals surface area contributed by atoms with E-state index in [1.165, 1.54) is 11.1 Å². The van der Waals surface area contributed by atoms with Crippen LogP contribution in [0.1, 0.15) is 43.2 Å². The van der Waals surface area contributed by atoms with Gasteiger partial charge in [-0.25, -0.2) is 0 Å². The van der Waals surface area contributed by atoms with Crippen LogP contribution < -0.4 is 5.32 Å². The minimum Gasteiger partial charge on any atom is -0.338 e. The molecule has 1 aliphatic rings. The van der Waals surface area contributed by atoms with E-state index in [1.807, 2.05) is 7.05 Å². The lowest BCUT2D eigenvalue weighted by molar-refractivity contribution is -0.132. The fraction of sp³-hybridized carbons (Fsp3) is 0.588. The summed E-state index contributed by atoms with van der Waals surface area (Å²) in [6.07, 6.45) is 2.88. The predicted octanol–water partition coefficient (Wildman–Crippen LogP) is 2.70. The molecular formula is C17H26N2O. The SMILES string of the molecule is CNC[C@H]1CCCN1C(=O)C[C@H](C)c1ccccc1C. The van der Waals surface area contributed by atoms with Crippen LogP contribution in [0.3, 0.4) is 0 Å². The molecule has 0 spiro atoms. The Balaban J connectivity index is 1.99. The highest BCUT2D eigenvalue weighted by atomic mass is 16.2. The van der Waals surface area contributed by atoms with Gasteiger partial charge >= 0.3 is 0 Å². The maximum Gasteiger partial charge on any atom is 0.223 e. The number of amides is 1. The van der Waals surface area contributed by atoms with E-state index in [1.54, 1.807) is 0 Å². The molecule has 1 amide bonds. The summed E-state index contributed by atoms with van der Waals surface area (Å²) < 4.78 is 0. The second-order valence-electron chi connectivity index (χ2n) is 5.90. The lowest BCUT2D eigenvalue weighted by Gasteiger charge is -2.26. The van der Waals surface area contributed by atoms with E-state index in [9.17, 15) is 4.79 Å². The van der Waals surface area contributed by atoms with Crippen molar-refractivity contribution in [1.29, 1.82) is 0 Å². The van der Waals surface area contributed by atoms with E-state index >= 15 is 0 Å². The van der Waals surface area contributed by atoms with Crippen molar-refractivity contribution in [2.24, 2.45) is 0 Å². The summed E-state index contributed by atoms with van der Waals surface area (Å²) >= 11 is 0. The van der Waals surface area contributed by atoms with Crippen LogP contribution >= 0.6 is 0 Å². The van der Waals surface area contributed by atoms with Crippen molar-refractivity contribution in [3.63, 3.8) is 0 Å². The van der Waals surface area contributed by atoms with Gasteiger partial charge in [0, 0.05) is 25.6 Å². The van der Waals surface area contributed by atoms with Gasteiger partial charge in [-0.3, -0.25) is 4.79 Å². The predicted molar refractivity (Wildman–Crippen MR) is 82.9 cm³/mol. The molecule has 110 valence electrons. The molecule has 1 heterocycles. The molecule has 0 radical (unpaired) electrons. The quantitative estimate of drug-likeness (QED) is 0.895. The molecule has 0 saturated carbocycles. The van der Waals surface area contributed by atoms with Crippen LogP contribution in [0.25, 0.3) is 0 Å². The van der Waals surface area contributed by atoms with Crippen LogP contribution in [-0.2, 0) is 4.79 Å². The number of nitrogens with zero attached hydrogens (tertiary/aromatic N) is 1. The van der Waals surface area contributed by atoms with Crippen molar-refractivity contribution in [2.75, 3.05) is 20.1 Å². The molecule has 0 aromatic heterocycles. The minimum absolute atomic E-state index is 0.291. The Morgan fingerprint density at radius 3 is 2.90 bits per heavy atom. The Kier molecular flexibility index (Phi) is 5.18. The van der Waals surface area contributed by atoms with Crippen LogP contribution in [0.2, 0.25) is 0 Å². The van der Waals surface area contributed by atoms with Gasteiger partial charge in [-0.15, -0.1) is 0 Å². The van der Waals surface area contributed by atoms with E-state index in [-0.39, 0.29) is 0 Å². The Morgan fingerprint density at radius 1 is 1.45 bits per heavy atom. The molecule has 1 aliphatic heterocycles. The smallest absolute Gasteiger partial charge is 0.223 e. The first kappa shape index (κ1) is 15.0. The van der Waals surface area contributed by atoms with Crippen LogP contribution in [-0.4, -0.2) is 37.0 Å². The highest BCUT2D eigenvalue weighted by molar-refractivity contribution is 5.77. The summed E-state index contributed by atoms with van der Waals surface area (Å²) in [7, 11) is 1.96. The van der Waals surface area contributed by atoms with Crippen molar-refractivity contribution in [3.8, 4) is 0 Å². The van der Waals surface area contributed by atoms with Crippen LogP contribution in [0.4, 0.5) is 0 Å². The molecular weight excluding hydrogens is 248 g/mol. The summed E-state index contributed by atoms with van der Waals surface area (Å²) in [6, 6.07) is 8.76. The first-order valence-corrected chi connectivity index (χ1v) is 7.63. The molecule has 20 heavy (non-hydrogen) atoms. The van der Waals surface area contributed by atoms with E-state index in [4.69, 9.17) is 0 Å². The lowest BCUT2D eigenvalue weighted by Crippen LogP contribution is -2.41. The molecule has 0 bridgehead atoms. The molecule has 0 unspecified atom stereocenters. The maximum absolute atomic E-state index is 12.5. The molecule has 1 fully saturated rings. The molecule has 1 saturated heterocycles. The van der Waals surface area contributed by atoms with Crippen molar-refractivity contribution in [3.05, 3.63) is 35.4 Å². The zero-order valence-electron chi connectivity index (χ0n) is 12.9. The molecule has 2 rings (SSSR count). The number of likely N-dealkylation sites (tertiary alicyclic amines) is 1. The maximum atomic E-state index is 12.5. The van der Waals surface area contributed by atoms with Gasteiger partial charge in [-0.05, 0) is 43.9 Å². The fourth-order valence-corrected chi connectivity index (χ4v) is 3.24. The molecule has 3 nitrogen and oxygen atoms in total. The van der Waals surface area contributed by atoms with Crippen molar-refractivity contribution < 1.29 is 4.79 Å². The first-order chi connectivity index (χ1) is 9.63. The minimum atomic E-state index is 0.291. The summed E-state index contributed by atoms with van der Waals surface area (Å²) in [5.41, 5.74) is 2.58. The highest BCUT2D eigenvalue weighted by Gasteiger charge is 2.28. The third kappa shape index (κ3) is 3.40. The number of aryl methyl sites for hydroxylation is 1. The largest absolute Gasteiger partial charge is 0.338 e. The number of likely N-dealkylation sites (N-methyl/N-ethyl adjacent to an activating group) is 1. The summed E-state index contributed by atoms with van der Waals surface area (Å²) in [6.45, 7) is 6.11. The Bertz CT molecular complexity index is 458. The van der Waals surface area contributed by atoms with Crippen molar-refractivity contribution in [2.45, 2.75) is 45.1 Å². The van der Waals surface area contributed by atoms with Gasteiger partial charge in [0.05, 0.1) is 0 Å². The van der Waals surface area contributed by atoms with Gasteiger partial charge in [0.25, 0.3) is 0 Å². The van der Waals surface area contributed by atoms with Crippen LogP contribution in [0.15, 0.2) is 24.3 Å². The zero-order chi connectivity index (χ0) is 14.5. The van der Waals surface area contributed by atoms with E-state index in [0.29, 0.717) is 24.3 Å². The lowest BCUT2D eigenvalue weighted by atomic mass is 9.93. The number of carbonyl (C=O) groups excluding carboxylic acids is 1. The van der Waals surface area contributed by atoms with Gasteiger partial charge in [0.2, 0.25) is 5.91 Å². The highest BCUT2D eigenvalue weighted by Crippen LogP contribution is 2.25. The molecule has 3 heteroatoms. The monoisotopic (exact) mass is 274 g/mol. The molecule has 0 aliphatic carbocycles. The average molecular weight is 274 g/mol. The molecule has 1 N–H and O–H groups in total. The number of rotatable bonds is 5. The number of carbonyl (C=O) groups is 1. The van der Waals surface area contributed by atoms with Gasteiger partial charge < -0.3 is 10.2 Å². The summed E-state index contributed by atoms with van der Waals surface area (Å²) in [4.78, 5) is 14.6. The normalized spacial score (nSPS) is 20.1. The third-order valence-electron chi connectivity index (χ3n) is 4.34. The average Bonchev–Trinajstić information content (AvgIpc) is 2.88. The number of nitrogens with one attached hydrogen (secondary N) is 1. The Hall–Kier alpha value is -1.35. The topological polar surface area (TPSA) is 32.3 Å².